The Labute approximate surface area is 98.6 Å². The van der Waals surface area contributed by atoms with Crippen LogP contribution in [-0.4, -0.2) is 54.6 Å². The van der Waals surface area contributed by atoms with Crippen LogP contribution in [0.25, 0.3) is 0 Å². The molecule has 98 valence electrons. The largest absolute Gasteiger partial charge is 0.401 e. The van der Waals surface area contributed by atoms with Gasteiger partial charge in [-0.05, 0) is 12.3 Å². The zero-order valence-corrected chi connectivity index (χ0v) is 9.83. The first-order chi connectivity index (χ1) is 7.87. The number of amides is 1. The summed E-state index contributed by atoms with van der Waals surface area (Å²) in [6.45, 7) is 2.67. The molecule has 1 aliphatic heterocycles. The zero-order valence-electron chi connectivity index (χ0n) is 9.83. The fraction of sp³-hybridized carbons (Fsp3) is 0.909. The second kappa shape index (κ2) is 4.48. The number of piperazine rings is 1. The van der Waals surface area contributed by atoms with Gasteiger partial charge in [-0.25, -0.2) is 0 Å². The Bertz CT molecular complexity index is 298. The minimum Gasteiger partial charge on any atom is -0.340 e. The number of hydrogen-bond acceptors (Lipinski definition) is 2. The zero-order chi connectivity index (χ0) is 12.6. The second-order valence-electron chi connectivity index (χ2n) is 5.04. The topological polar surface area (TPSA) is 23.6 Å². The van der Waals surface area contributed by atoms with E-state index < -0.39 is 12.7 Å². The molecule has 0 bridgehead atoms. The third kappa shape index (κ3) is 3.34. The summed E-state index contributed by atoms with van der Waals surface area (Å²) >= 11 is 0. The average molecular weight is 250 g/mol. The van der Waals surface area contributed by atoms with Crippen LogP contribution in [-0.2, 0) is 4.79 Å². The van der Waals surface area contributed by atoms with Gasteiger partial charge in [-0.15, -0.1) is 0 Å². The number of alkyl halides is 3. The summed E-state index contributed by atoms with van der Waals surface area (Å²) in [5.74, 6) is 0.712. The summed E-state index contributed by atoms with van der Waals surface area (Å²) in [6.07, 6.45) is -3.21. The van der Waals surface area contributed by atoms with Crippen LogP contribution in [0.2, 0.25) is 0 Å². The summed E-state index contributed by atoms with van der Waals surface area (Å²) < 4.78 is 36.5. The van der Waals surface area contributed by atoms with Gasteiger partial charge in [-0.2, -0.15) is 13.2 Å². The SMILES string of the molecule is C[C@@H]1C[C@@H]1C(=O)N1CCN(CC(F)(F)F)CC1. The number of rotatable bonds is 2. The van der Waals surface area contributed by atoms with Crippen molar-refractivity contribution in [3.8, 4) is 0 Å². The molecule has 1 aliphatic carbocycles. The molecule has 0 aromatic carbocycles. The van der Waals surface area contributed by atoms with E-state index in [4.69, 9.17) is 0 Å². The number of carbonyl (C=O) groups excluding carboxylic acids is 1. The first-order valence-corrected chi connectivity index (χ1v) is 5.95. The minimum absolute atomic E-state index is 0.129. The molecular weight excluding hydrogens is 233 g/mol. The van der Waals surface area contributed by atoms with Crippen molar-refractivity contribution in [1.29, 1.82) is 0 Å². The lowest BCUT2D eigenvalue weighted by Gasteiger charge is -2.35. The fourth-order valence-electron chi connectivity index (χ4n) is 2.28. The third-order valence-electron chi connectivity index (χ3n) is 3.51. The Morgan fingerprint density at radius 1 is 1.24 bits per heavy atom. The van der Waals surface area contributed by atoms with Crippen LogP contribution >= 0.6 is 0 Å². The lowest BCUT2D eigenvalue weighted by Crippen LogP contribution is -2.51. The van der Waals surface area contributed by atoms with Gasteiger partial charge in [0.25, 0.3) is 0 Å². The van der Waals surface area contributed by atoms with Crippen LogP contribution in [0.15, 0.2) is 0 Å². The molecule has 0 unspecified atom stereocenters. The first kappa shape index (κ1) is 12.7. The second-order valence-corrected chi connectivity index (χ2v) is 5.04. The quantitative estimate of drug-likeness (QED) is 0.738. The molecule has 2 atom stereocenters. The lowest BCUT2D eigenvalue weighted by atomic mass is 10.2. The van der Waals surface area contributed by atoms with Crippen molar-refractivity contribution in [2.24, 2.45) is 11.8 Å². The summed E-state index contributed by atoms with van der Waals surface area (Å²) in [5.41, 5.74) is 0. The van der Waals surface area contributed by atoms with Gasteiger partial charge in [0.2, 0.25) is 5.91 Å². The monoisotopic (exact) mass is 250 g/mol. The predicted octanol–water partition coefficient (Wildman–Crippen LogP) is 1.35. The van der Waals surface area contributed by atoms with Crippen molar-refractivity contribution >= 4 is 5.91 Å². The highest BCUT2D eigenvalue weighted by molar-refractivity contribution is 5.81. The fourth-order valence-corrected chi connectivity index (χ4v) is 2.28. The van der Waals surface area contributed by atoms with E-state index in [0.29, 0.717) is 32.1 Å². The summed E-state index contributed by atoms with van der Waals surface area (Å²) in [4.78, 5) is 14.9. The predicted molar refractivity (Wildman–Crippen MR) is 56.3 cm³/mol. The maximum Gasteiger partial charge on any atom is 0.401 e. The Kier molecular flexibility index (Phi) is 3.34. The number of nitrogens with zero attached hydrogens (tertiary/aromatic N) is 2. The van der Waals surface area contributed by atoms with Crippen molar-refractivity contribution in [2.75, 3.05) is 32.7 Å². The molecule has 0 N–H and O–H groups in total. The first-order valence-electron chi connectivity index (χ1n) is 5.95. The van der Waals surface area contributed by atoms with Crippen LogP contribution in [0.3, 0.4) is 0 Å². The van der Waals surface area contributed by atoms with Crippen LogP contribution in [0.4, 0.5) is 13.2 Å². The lowest BCUT2D eigenvalue weighted by molar-refractivity contribution is -0.152. The molecule has 0 aromatic rings. The number of hydrogen-bond donors (Lipinski definition) is 0. The molecule has 1 amide bonds. The van der Waals surface area contributed by atoms with Gasteiger partial charge in [-0.1, -0.05) is 6.92 Å². The molecule has 0 aromatic heterocycles. The van der Waals surface area contributed by atoms with E-state index in [2.05, 4.69) is 0 Å². The van der Waals surface area contributed by atoms with E-state index in [1.165, 1.54) is 4.90 Å². The van der Waals surface area contributed by atoms with Crippen molar-refractivity contribution in [1.82, 2.24) is 9.80 Å². The van der Waals surface area contributed by atoms with Gasteiger partial charge in [0.05, 0.1) is 6.54 Å². The number of halogens is 3. The van der Waals surface area contributed by atoms with Crippen LogP contribution in [0.1, 0.15) is 13.3 Å². The van der Waals surface area contributed by atoms with Gasteiger partial charge in [-0.3, -0.25) is 9.69 Å². The molecular formula is C11H17F3N2O. The van der Waals surface area contributed by atoms with Gasteiger partial charge in [0.1, 0.15) is 0 Å². The van der Waals surface area contributed by atoms with Gasteiger partial charge >= 0.3 is 6.18 Å². The molecule has 2 aliphatic rings. The van der Waals surface area contributed by atoms with E-state index in [0.717, 1.165) is 6.42 Å². The van der Waals surface area contributed by atoms with E-state index in [1.807, 2.05) is 6.92 Å². The minimum atomic E-state index is -4.14. The van der Waals surface area contributed by atoms with Crippen molar-refractivity contribution < 1.29 is 18.0 Å². The molecule has 3 nitrogen and oxygen atoms in total. The van der Waals surface area contributed by atoms with Gasteiger partial charge in [0.15, 0.2) is 0 Å². The molecule has 0 radical (unpaired) electrons. The van der Waals surface area contributed by atoms with Crippen molar-refractivity contribution in [3.05, 3.63) is 0 Å². The Morgan fingerprint density at radius 2 is 1.76 bits per heavy atom. The standard InChI is InChI=1S/C11H17F3N2O/c1-8-6-9(8)10(17)16-4-2-15(3-5-16)7-11(12,13)14/h8-9H,2-7H2,1H3/t8-,9+/m1/s1. The molecule has 6 heteroatoms. The van der Waals surface area contributed by atoms with E-state index in [9.17, 15) is 18.0 Å². The molecule has 1 saturated heterocycles. The maximum atomic E-state index is 12.2. The third-order valence-corrected chi connectivity index (χ3v) is 3.51. The van der Waals surface area contributed by atoms with Crippen molar-refractivity contribution in [2.45, 2.75) is 19.5 Å². The Hall–Kier alpha value is -0.780. The molecule has 1 heterocycles. The molecule has 17 heavy (non-hydrogen) atoms. The van der Waals surface area contributed by atoms with E-state index >= 15 is 0 Å². The van der Waals surface area contributed by atoms with Crippen LogP contribution < -0.4 is 0 Å². The highest BCUT2D eigenvalue weighted by Crippen LogP contribution is 2.39. The van der Waals surface area contributed by atoms with E-state index in [-0.39, 0.29) is 11.8 Å². The summed E-state index contributed by atoms with van der Waals surface area (Å²) in [6, 6.07) is 0. The van der Waals surface area contributed by atoms with Gasteiger partial charge in [0, 0.05) is 32.1 Å². The summed E-state index contributed by atoms with van der Waals surface area (Å²) in [5, 5.41) is 0. The Morgan fingerprint density at radius 3 is 2.18 bits per heavy atom. The molecule has 2 rings (SSSR count). The highest BCUT2D eigenvalue weighted by Gasteiger charge is 2.42. The Balaban J connectivity index is 1.76. The highest BCUT2D eigenvalue weighted by atomic mass is 19.4. The van der Waals surface area contributed by atoms with Crippen molar-refractivity contribution in [3.63, 3.8) is 0 Å². The average Bonchev–Trinajstić information content (AvgIpc) is 2.93. The molecule has 0 spiro atoms. The van der Waals surface area contributed by atoms with E-state index in [1.54, 1.807) is 4.90 Å². The molecule has 2 fully saturated rings. The molecule has 1 saturated carbocycles. The smallest absolute Gasteiger partial charge is 0.340 e. The maximum absolute atomic E-state index is 12.2. The normalized spacial score (nSPS) is 30.5. The summed E-state index contributed by atoms with van der Waals surface area (Å²) in [7, 11) is 0. The number of carbonyl (C=O) groups is 1. The van der Waals surface area contributed by atoms with Gasteiger partial charge < -0.3 is 4.90 Å². The van der Waals surface area contributed by atoms with Crippen LogP contribution in [0, 0.1) is 11.8 Å². The van der Waals surface area contributed by atoms with Crippen LogP contribution in [0.5, 0.6) is 0 Å².